The second-order valence-corrected chi connectivity index (χ2v) is 9.23. The maximum absolute atomic E-state index is 12.8. The summed E-state index contributed by atoms with van der Waals surface area (Å²) >= 11 is 3.99. The first-order chi connectivity index (χ1) is 12.5. The number of ether oxygens (including phenoxy) is 1. The molecule has 0 fully saturated rings. The number of nitrogens with zero attached hydrogens (tertiary/aromatic N) is 1. The summed E-state index contributed by atoms with van der Waals surface area (Å²) in [6.45, 7) is 6.40. The van der Waals surface area contributed by atoms with Crippen LogP contribution in [0.4, 0.5) is 5.00 Å². The van der Waals surface area contributed by atoms with E-state index in [1.807, 2.05) is 12.1 Å². The zero-order valence-electron chi connectivity index (χ0n) is 15.1. The molecule has 0 saturated carbocycles. The van der Waals surface area contributed by atoms with Gasteiger partial charge in [0.1, 0.15) is 16.9 Å². The zero-order valence-corrected chi connectivity index (χ0v) is 18.0. The monoisotopic (exact) mass is 483 g/mol. The number of halogens is 1. The predicted molar refractivity (Wildman–Crippen MR) is 113 cm³/mol. The van der Waals surface area contributed by atoms with E-state index in [0.29, 0.717) is 6.04 Å². The SMILES string of the molecule is COc1ccc(C2NC(=O)c3c(sc4c3CCN(C(C)C)C4)N2)cc1I. The van der Waals surface area contributed by atoms with E-state index < -0.39 is 0 Å². The molecule has 0 aliphatic carbocycles. The van der Waals surface area contributed by atoms with Gasteiger partial charge < -0.3 is 15.4 Å². The summed E-state index contributed by atoms with van der Waals surface area (Å²) in [7, 11) is 1.67. The number of carbonyl (C=O) groups is 1. The van der Waals surface area contributed by atoms with Gasteiger partial charge >= 0.3 is 0 Å². The molecule has 0 bridgehead atoms. The van der Waals surface area contributed by atoms with E-state index >= 15 is 0 Å². The summed E-state index contributed by atoms with van der Waals surface area (Å²) in [5.41, 5.74) is 3.12. The second kappa shape index (κ2) is 7.01. The molecule has 2 N–H and O–H groups in total. The summed E-state index contributed by atoms with van der Waals surface area (Å²) in [4.78, 5) is 16.6. The Morgan fingerprint density at radius 3 is 2.85 bits per heavy atom. The minimum absolute atomic E-state index is 0.0325. The molecule has 0 radical (unpaired) electrons. The molecule has 1 aromatic carbocycles. The minimum Gasteiger partial charge on any atom is -0.496 e. The Labute approximate surface area is 171 Å². The van der Waals surface area contributed by atoms with Crippen LogP contribution < -0.4 is 15.4 Å². The lowest BCUT2D eigenvalue weighted by atomic mass is 9.99. The van der Waals surface area contributed by atoms with Crippen LogP contribution in [0.15, 0.2) is 18.2 Å². The van der Waals surface area contributed by atoms with Crippen molar-refractivity contribution in [3.8, 4) is 5.75 Å². The first-order valence-electron chi connectivity index (χ1n) is 8.77. The van der Waals surface area contributed by atoms with Crippen molar-refractivity contribution in [1.29, 1.82) is 0 Å². The highest BCUT2D eigenvalue weighted by atomic mass is 127. The number of anilines is 1. The maximum Gasteiger partial charge on any atom is 0.256 e. The Bertz CT molecular complexity index is 865. The molecule has 26 heavy (non-hydrogen) atoms. The number of fused-ring (bicyclic) bond motifs is 3. The summed E-state index contributed by atoms with van der Waals surface area (Å²) in [6.07, 6.45) is 0.732. The summed E-state index contributed by atoms with van der Waals surface area (Å²) in [6, 6.07) is 6.52. The lowest BCUT2D eigenvalue weighted by Gasteiger charge is -2.31. The summed E-state index contributed by atoms with van der Waals surface area (Å²) < 4.78 is 6.36. The van der Waals surface area contributed by atoms with Crippen LogP contribution in [0.3, 0.4) is 0 Å². The molecule has 1 atom stereocenters. The number of carbonyl (C=O) groups excluding carboxylic acids is 1. The summed E-state index contributed by atoms with van der Waals surface area (Å²) in [5.74, 6) is 0.877. The molecule has 1 aromatic heterocycles. The minimum atomic E-state index is -0.212. The van der Waals surface area contributed by atoms with Crippen molar-refractivity contribution >= 4 is 44.8 Å². The number of hydrogen-bond donors (Lipinski definition) is 2. The second-order valence-electron chi connectivity index (χ2n) is 6.97. The largest absolute Gasteiger partial charge is 0.496 e. The van der Waals surface area contributed by atoms with Gasteiger partial charge in [-0.3, -0.25) is 9.69 Å². The van der Waals surface area contributed by atoms with Gasteiger partial charge in [-0.05, 0) is 66.1 Å². The fourth-order valence-electron chi connectivity index (χ4n) is 3.61. The average Bonchev–Trinajstić information content (AvgIpc) is 2.99. The highest BCUT2D eigenvalue weighted by Crippen LogP contribution is 2.41. The fourth-order valence-corrected chi connectivity index (χ4v) is 5.66. The van der Waals surface area contributed by atoms with Crippen molar-refractivity contribution in [2.75, 3.05) is 19.0 Å². The lowest BCUT2D eigenvalue weighted by Crippen LogP contribution is -2.39. The number of benzene rings is 1. The number of nitrogens with one attached hydrogen (secondary N) is 2. The zero-order chi connectivity index (χ0) is 18.4. The van der Waals surface area contributed by atoms with E-state index in [9.17, 15) is 4.79 Å². The third kappa shape index (κ3) is 3.10. The summed E-state index contributed by atoms with van der Waals surface area (Å²) in [5, 5.41) is 7.66. The number of amides is 1. The first kappa shape index (κ1) is 18.1. The van der Waals surface area contributed by atoms with Crippen molar-refractivity contribution in [2.24, 2.45) is 0 Å². The molecule has 0 saturated heterocycles. The number of hydrogen-bond acceptors (Lipinski definition) is 5. The van der Waals surface area contributed by atoms with Gasteiger partial charge in [0.25, 0.3) is 5.91 Å². The van der Waals surface area contributed by atoms with Crippen LogP contribution in [0, 0.1) is 3.57 Å². The van der Waals surface area contributed by atoms with Crippen molar-refractivity contribution in [3.63, 3.8) is 0 Å². The predicted octanol–water partition coefficient (Wildman–Crippen LogP) is 3.98. The van der Waals surface area contributed by atoms with Crippen molar-refractivity contribution in [2.45, 2.75) is 39.0 Å². The van der Waals surface area contributed by atoms with Crippen LogP contribution >= 0.6 is 33.9 Å². The van der Waals surface area contributed by atoms with Crippen molar-refractivity contribution < 1.29 is 9.53 Å². The molecular formula is C19H22IN3O2S. The molecule has 138 valence electrons. The van der Waals surface area contributed by atoms with Gasteiger partial charge in [-0.2, -0.15) is 0 Å². The van der Waals surface area contributed by atoms with Crippen LogP contribution in [0.5, 0.6) is 5.75 Å². The molecule has 0 spiro atoms. The van der Waals surface area contributed by atoms with Gasteiger partial charge in [0.2, 0.25) is 0 Å². The lowest BCUT2D eigenvalue weighted by molar-refractivity contribution is 0.0934. The number of methoxy groups -OCH3 is 1. The Kier molecular flexibility index (Phi) is 4.87. The molecule has 3 heterocycles. The molecule has 2 aromatic rings. The van der Waals surface area contributed by atoms with Crippen molar-refractivity contribution in [3.05, 3.63) is 43.3 Å². The smallest absolute Gasteiger partial charge is 0.256 e. The molecular weight excluding hydrogens is 461 g/mol. The molecule has 2 aliphatic rings. The maximum atomic E-state index is 12.8. The average molecular weight is 483 g/mol. The Balaban J connectivity index is 1.63. The van der Waals surface area contributed by atoms with Gasteiger partial charge in [-0.25, -0.2) is 0 Å². The fraction of sp³-hybridized carbons (Fsp3) is 0.421. The van der Waals surface area contributed by atoms with Gasteiger partial charge in [0.15, 0.2) is 0 Å². The highest BCUT2D eigenvalue weighted by Gasteiger charge is 2.33. The number of rotatable bonds is 3. The quantitative estimate of drug-likeness (QED) is 0.649. The van der Waals surface area contributed by atoms with Crippen LogP contribution in [-0.2, 0) is 13.0 Å². The molecule has 2 aliphatic heterocycles. The van der Waals surface area contributed by atoms with Crippen LogP contribution in [0.1, 0.15) is 46.4 Å². The third-order valence-electron chi connectivity index (χ3n) is 5.10. The van der Waals surface area contributed by atoms with Crippen LogP contribution in [0.2, 0.25) is 0 Å². The first-order valence-corrected chi connectivity index (χ1v) is 10.7. The van der Waals surface area contributed by atoms with Crippen LogP contribution in [0.25, 0.3) is 0 Å². The van der Waals surface area contributed by atoms with E-state index in [0.717, 1.165) is 45.0 Å². The van der Waals surface area contributed by atoms with Gasteiger partial charge in [-0.15, -0.1) is 11.3 Å². The molecule has 1 amide bonds. The Morgan fingerprint density at radius 1 is 1.35 bits per heavy atom. The molecule has 5 nitrogen and oxygen atoms in total. The Hall–Kier alpha value is -1.32. The highest BCUT2D eigenvalue weighted by molar-refractivity contribution is 14.1. The standard InChI is InChI=1S/C19H22IN3O2S/c1-10(2)23-7-6-12-15(9-23)26-19-16(12)18(24)21-17(22-19)11-4-5-14(25-3)13(20)8-11/h4-5,8,10,17,22H,6-7,9H2,1-3H3,(H,21,24). The van der Waals surface area contributed by atoms with Gasteiger partial charge in [0, 0.05) is 24.0 Å². The van der Waals surface area contributed by atoms with Gasteiger partial charge in [-0.1, -0.05) is 6.07 Å². The van der Waals surface area contributed by atoms with Gasteiger partial charge in [0.05, 0.1) is 16.2 Å². The van der Waals surface area contributed by atoms with Crippen molar-refractivity contribution in [1.82, 2.24) is 10.2 Å². The van der Waals surface area contributed by atoms with E-state index in [-0.39, 0.29) is 12.1 Å². The van der Waals surface area contributed by atoms with E-state index in [1.54, 1.807) is 18.4 Å². The molecule has 1 unspecified atom stereocenters. The van der Waals surface area contributed by atoms with Crippen LogP contribution in [-0.4, -0.2) is 30.5 Å². The number of thiophene rings is 1. The third-order valence-corrected chi connectivity index (χ3v) is 7.09. The molecule has 4 rings (SSSR count). The Morgan fingerprint density at radius 2 is 2.15 bits per heavy atom. The topological polar surface area (TPSA) is 53.6 Å². The van der Waals surface area contributed by atoms with E-state index in [2.05, 4.69) is 58.0 Å². The van der Waals surface area contributed by atoms with E-state index in [4.69, 9.17) is 4.74 Å². The normalized spacial score (nSPS) is 19.6. The van der Waals surface area contributed by atoms with E-state index in [1.165, 1.54) is 10.4 Å². The molecule has 7 heteroatoms.